The molecule has 0 radical (unpaired) electrons. The molecule has 0 aliphatic heterocycles. The molecule has 4 aliphatic rings. The largest absolute Gasteiger partial charge is 0.390 e. The number of rotatable bonds is 4. The minimum Gasteiger partial charge on any atom is -0.390 e. The highest BCUT2D eigenvalue weighted by Gasteiger charge is 2.68. The van der Waals surface area contributed by atoms with E-state index in [1.54, 1.807) is 13.0 Å². The van der Waals surface area contributed by atoms with Crippen molar-refractivity contribution in [2.75, 3.05) is 0 Å². The van der Waals surface area contributed by atoms with E-state index >= 15 is 0 Å². The average molecular weight is 477 g/mol. The van der Waals surface area contributed by atoms with Gasteiger partial charge in [0.2, 0.25) is 0 Å². The standard InChI is InChI=1S/C27H40O7/c1-23(2,32)22(31)8-10-26(5,33)21-7-11-27(34)16-12-18(28)17-13-19(29)20(30)14-24(17,3)15(16)6-9-25(21,27)4/h8,10,12,15,17,19-21,29-30,32-34H,6-7,9,11,13-14H2,1-5H3/b10-8+/t15-,17-,19+,20-,21-,24+,25+,26-,27+/m0/s1. The van der Waals surface area contributed by atoms with Crippen LogP contribution < -0.4 is 0 Å². The number of aliphatic hydroxyl groups is 5. The van der Waals surface area contributed by atoms with Gasteiger partial charge in [-0.1, -0.05) is 13.8 Å². The van der Waals surface area contributed by atoms with E-state index in [0.29, 0.717) is 37.7 Å². The third-order valence-corrected chi connectivity index (χ3v) is 10.00. The van der Waals surface area contributed by atoms with Crippen LogP contribution in [0.5, 0.6) is 0 Å². The van der Waals surface area contributed by atoms with E-state index in [1.165, 1.54) is 26.0 Å². The first-order chi connectivity index (χ1) is 15.5. The van der Waals surface area contributed by atoms with Crippen LogP contribution in [-0.2, 0) is 9.59 Å². The second-order valence-corrected chi connectivity index (χ2v) is 12.6. The fourth-order valence-electron chi connectivity index (χ4n) is 7.87. The van der Waals surface area contributed by atoms with Gasteiger partial charge in [0.1, 0.15) is 5.60 Å². The van der Waals surface area contributed by atoms with Crippen molar-refractivity contribution >= 4 is 11.6 Å². The van der Waals surface area contributed by atoms with Gasteiger partial charge in [-0.3, -0.25) is 9.59 Å². The van der Waals surface area contributed by atoms with Crippen molar-refractivity contribution in [2.45, 2.75) is 102 Å². The molecule has 5 N–H and O–H groups in total. The molecule has 0 unspecified atom stereocenters. The van der Waals surface area contributed by atoms with Gasteiger partial charge in [0.15, 0.2) is 11.6 Å². The van der Waals surface area contributed by atoms with E-state index < -0.39 is 45.6 Å². The van der Waals surface area contributed by atoms with Crippen LogP contribution >= 0.6 is 0 Å². The molecule has 4 rings (SSSR count). The molecule has 4 aliphatic carbocycles. The van der Waals surface area contributed by atoms with E-state index in [-0.39, 0.29) is 30.0 Å². The number of fused-ring (bicyclic) bond motifs is 5. The molecule has 3 saturated carbocycles. The van der Waals surface area contributed by atoms with Gasteiger partial charge in [-0.25, -0.2) is 0 Å². The number of hydrogen-bond acceptors (Lipinski definition) is 7. The summed E-state index contributed by atoms with van der Waals surface area (Å²) in [6.07, 6.45) is 5.18. The Morgan fingerprint density at radius 3 is 2.32 bits per heavy atom. The van der Waals surface area contributed by atoms with E-state index in [1.807, 2.05) is 13.8 Å². The molecule has 0 heterocycles. The lowest BCUT2D eigenvalue weighted by atomic mass is 9.45. The molecule has 3 fully saturated rings. The Kier molecular flexibility index (Phi) is 5.90. The first-order valence-corrected chi connectivity index (χ1v) is 12.5. The highest BCUT2D eigenvalue weighted by molar-refractivity contribution is 5.96. The van der Waals surface area contributed by atoms with Crippen molar-refractivity contribution < 1.29 is 35.1 Å². The number of ketones is 2. The van der Waals surface area contributed by atoms with E-state index in [2.05, 4.69) is 0 Å². The summed E-state index contributed by atoms with van der Waals surface area (Å²) in [5, 5.41) is 54.2. The fraction of sp³-hybridized carbons (Fsp3) is 0.778. The molecule has 0 saturated heterocycles. The van der Waals surface area contributed by atoms with Crippen LogP contribution in [0.1, 0.15) is 73.1 Å². The predicted octanol–water partition coefficient (Wildman–Crippen LogP) is 1.84. The molecule has 9 atom stereocenters. The predicted molar refractivity (Wildman–Crippen MR) is 126 cm³/mol. The van der Waals surface area contributed by atoms with Gasteiger partial charge < -0.3 is 25.5 Å². The van der Waals surface area contributed by atoms with Gasteiger partial charge in [0.05, 0.1) is 23.4 Å². The Balaban J connectivity index is 1.69. The van der Waals surface area contributed by atoms with Crippen molar-refractivity contribution in [3.05, 3.63) is 23.8 Å². The molecule has 0 bridgehead atoms. The molecule has 7 nitrogen and oxygen atoms in total. The number of carbonyl (C=O) groups excluding carboxylic acids is 2. The Morgan fingerprint density at radius 2 is 1.71 bits per heavy atom. The van der Waals surface area contributed by atoms with Crippen molar-refractivity contribution in [3.63, 3.8) is 0 Å². The fourth-order valence-corrected chi connectivity index (χ4v) is 7.87. The molecule has 7 heteroatoms. The molecule has 0 aromatic carbocycles. The third-order valence-electron chi connectivity index (χ3n) is 10.00. The van der Waals surface area contributed by atoms with Gasteiger partial charge in [0.25, 0.3) is 0 Å². The lowest BCUT2D eigenvalue weighted by Gasteiger charge is -2.60. The Bertz CT molecular complexity index is 943. The second kappa shape index (κ2) is 7.81. The van der Waals surface area contributed by atoms with Crippen LogP contribution in [0.4, 0.5) is 0 Å². The van der Waals surface area contributed by atoms with Gasteiger partial charge in [0, 0.05) is 11.3 Å². The zero-order chi connectivity index (χ0) is 25.5. The van der Waals surface area contributed by atoms with Crippen molar-refractivity contribution in [3.8, 4) is 0 Å². The van der Waals surface area contributed by atoms with Crippen LogP contribution in [0.2, 0.25) is 0 Å². The zero-order valence-electron chi connectivity index (χ0n) is 20.9. The maximum Gasteiger partial charge on any atom is 0.186 e. The topological polar surface area (TPSA) is 135 Å². The Labute approximate surface area is 201 Å². The maximum absolute atomic E-state index is 13.2. The molecular formula is C27H40O7. The summed E-state index contributed by atoms with van der Waals surface area (Å²) in [7, 11) is 0. The summed E-state index contributed by atoms with van der Waals surface area (Å²) in [6.45, 7) is 8.38. The molecule has 0 amide bonds. The SMILES string of the molecule is CC(C)(O)C(=O)/C=C/[C@](C)(O)[C@H]1CC[C@@]2(O)C3=CC(=O)[C@@H]4C[C@@H](O)[C@@H](O)C[C@]4(C)[C@H]3CC[C@]12C. The minimum atomic E-state index is -1.54. The van der Waals surface area contributed by atoms with Crippen molar-refractivity contribution in [1.29, 1.82) is 0 Å². The number of hydrogen-bond donors (Lipinski definition) is 5. The minimum absolute atomic E-state index is 0.0913. The Morgan fingerprint density at radius 1 is 1.06 bits per heavy atom. The van der Waals surface area contributed by atoms with Crippen LogP contribution in [0, 0.1) is 28.6 Å². The van der Waals surface area contributed by atoms with Crippen LogP contribution in [0.15, 0.2) is 23.8 Å². The highest BCUT2D eigenvalue weighted by atomic mass is 16.3. The van der Waals surface area contributed by atoms with Gasteiger partial charge in [-0.2, -0.15) is 0 Å². The van der Waals surface area contributed by atoms with E-state index in [9.17, 15) is 35.1 Å². The molecule has 0 spiro atoms. The second-order valence-electron chi connectivity index (χ2n) is 12.6. The van der Waals surface area contributed by atoms with E-state index in [4.69, 9.17) is 0 Å². The summed E-state index contributed by atoms with van der Waals surface area (Å²) in [4.78, 5) is 25.4. The first-order valence-electron chi connectivity index (χ1n) is 12.5. The quantitative estimate of drug-likeness (QED) is 0.391. The monoisotopic (exact) mass is 476 g/mol. The summed E-state index contributed by atoms with van der Waals surface area (Å²) < 4.78 is 0. The summed E-state index contributed by atoms with van der Waals surface area (Å²) in [6, 6.07) is 0. The average Bonchev–Trinajstić information content (AvgIpc) is 3.00. The normalized spacial score (nSPS) is 46.4. The zero-order valence-corrected chi connectivity index (χ0v) is 20.9. The van der Waals surface area contributed by atoms with E-state index in [0.717, 1.165) is 0 Å². The summed E-state index contributed by atoms with van der Waals surface area (Å²) in [5.74, 6) is -1.46. The Hall–Kier alpha value is -1.38. The maximum atomic E-state index is 13.2. The van der Waals surface area contributed by atoms with Crippen LogP contribution in [0.25, 0.3) is 0 Å². The van der Waals surface area contributed by atoms with Crippen LogP contribution in [-0.4, -0.2) is 66.1 Å². The number of aliphatic hydroxyl groups excluding tert-OH is 2. The summed E-state index contributed by atoms with van der Waals surface area (Å²) >= 11 is 0. The summed E-state index contributed by atoms with van der Waals surface area (Å²) in [5.41, 5.74) is -4.80. The molecule has 0 aromatic heterocycles. The van der Waals surface area contributed by atoms with Crippen molar-refractivity contribution in [2.24, 2.45) is 28.6 Å². The van der Waals surface area contributed by atoms with Crippen molar-refractivity contribution in [1.82, 2.24) is 0 Å². The molecule has 0 aromatic rings. The smallest absolute Gasteiger partial charge is 0.186 e. The lowest BCUT2D eigenvalue weighted by molar-refractivity contribution is -0.157. The molecule has 34 heavy (non-hydrogen) atoms. The highest BCUT2D eigenvalue weighted by Crippen LogP contribution is 2.68. The molecular weight excluding hydrogens is 436 g/mol. The number of carbonyl (C=O) groups is 2. The lowest BCUT2D eigenvalue weighted by Crippen LogP contribution is -2.61. The third kappa shape index (κ3) is 3.58. The number of allylic oxidation sites excluding steroid dienone is 1. The van der Waals surface area contributed by atoms with Crippen LogP contribution in [0.3, 0.4) is 0 Å². The first kappa shape index (κ1) is 25.7. The molecule has 190 valence electrons. The van der Waals surface area contributed by atoms with Gasteiger partial charge in [-0.05, 0) is 100 Å². The van der Waals surface area contributed by atoms with Gasteiger partial charge >= 0.3 is 0 Å². The van der Waals surface area contributed by atoms with Gasteiger partial charge in [-0.15, -0.1) is 0 Å².